The van der Waals surface area contributed by atoms with Gasteiger partial charge in [0.25, 0.3) is 5.91 Å². The number of amides is 1. The van der Waals surface area contributed by atoms with Crippen LogP contribution in [0.25, 0.3) is 0 Å². The summed E-state index contributed by atoms with van der Waals surface area (Å²) in [6, 6.07) is 1.35. The maximum Gasteiger partial charge on any atom is 0.334 e. The van der Waals surface area contributed by atoms with Crippen LogP contribution >= 0.6 is 0 Å². The van der Waals surface area contributed by atoms with Crippen LogP contribution in [-0.2, 0) is 24.8 Å². The number of hydrogen-bond acceptors (Lipinski definition) is 9. The summed E-state index contributed by atoms with van der Waals surface area (Å²) in [5.74, 6) is -2.29. The molecule has 1 fully saturated rings. The second-order valence-electron chi connectivity index (χ2n) is 5.59. The predicted octanol–water partition coefficient (Wildman–Crippen LogP) is -0.206. The van der Waals surface area contributed by atoms with Gasteiger partial charge in [0, 0.05) is 0 Å². The summed E-state index contributed by atoms with van der Waals surface area (Å²) >= 11 is 0. The summed E-state index contributed by atoms with van der Waals surface area (Å²) in [6.07, 6.45) is -0.204. The quantitative estimate of drug-likeness (QED) is 0.493. The molecule has 1 aromatic rings. The van der Waals surface area contributed by atoms with Crippen molar-refractivity contribution in [1.29, 1.82) is 0 Å². The van der Waals surface area contributed by atoms with Crippen LogP contribution in [0.5, 0.6) is 11.8 Å². The first kappa shape index (κ1) is 19.8. The minimum Gasteiger partial charge on any atom is -0.481 e. The number of nitrogens with zero attached hydrogens (tertiary/aromatic N) is 2. The molecule has 0 radical (unpaired) electrons. The Balaban J connectivity index is 2.28. The Hall–Kier alpha value is -2.53. The number of methoxy groups -OCH3 is 3. The molecule has 1 aromatic heterocycles. The number of alkyl halides is 1. The minimum atomic E-state index is -2.78. The molecule has 26 heavy (non-hydrogen) atoms. The smallest absolute Gasteiger partial charge is 0.334 e. The van der Waals surface area contributed by atoms with Gasteiger partial charge < -0.3 is 19.3 Å². The highest BCUT2D eigenvalue weighted by Gasteiger charge is 2.63. The van der Waals surface area contributed by atoms with E-state index in [9.17, 15) is 14.7 Å². The highest BCUT2D eigenvalue weighted by Crippen LogP contribution is 2.48. The average Bonchev–Trinajstić information content (AvgIpc) is 2.97. The van der Waals surface area contributed by atoms with Crippen LogP contribution in [0.3, 0.4) is 0 Å². The lowest BCUT2D eigenvalue weighted by Crippen LogP contribution is -2.55. The number of aliphatic hydroxyl groups is 1. The van der Waals surface area contributed by atoms with Crippen LogP contribution < -0.4 is 15.0 Å². The van der Waals surface area contributed by atoms with Crippen molar-refractivity contribution in [3.05, 3.63) is 11.9 Å². The van der Waals surface area contributed by atoms with Gasteiger partial charge in [0.1, 0.15) is 0 Å². The highest BCUT2D eigenvalue weighted by atomic mass is 19.1. The first-order chi connectivity index (χ1) is 12.3. The minimum absolute atomic E-state index is 0.0388. The molecule has 1 saturated carbocycles. The summed E-state index contributed by atoms with van der Waals surface area (Å²) in [5.41, 5.74) is -3.28. The molecule has 0 spiro atoms. The number of rotatable bonds is 7. The van der Waals surface area contributed by atoms with Gasteiger partial charge in [-0.15, -0.1) is 0 Å². The molecule has 0 aromatic carbocycles. The van der Waals surface area contributed by atoms with Crippen LogP contribution in [-0.4, -0.2) is 60.6 Å². The number of hydroxylamine groups is 1. The number of hydrogen-bond donors (Lipinski definition) is 2. The summed E-state index contributed by atoms with van der Waals surface area (Å²) in [4.78, 5) is 35.8. The van der Waals surface area contributed by atoms with E-state index in [0.29, 0.717) is 0 Å². The Morgan fingerprint density at radius 1 is 1.23 bits per heavy atom. The first-order valence-corrected chi connectivity index (χ1v) is 7.68. The van der Waals surface area contributed by atoms with Crippen molar-refractivity contribution >= 4 is 11.9 Å². The molecule has 0 bridgehead atoms. The lowest BCUT2D eigenvalue weighted by molar-refractivity contribution is -0.169. The molecule has 1 heterocycles. The van der Waals surface area contributed by atoms with Crippen LogP contribution in [0.15, 0.2) is 6.07 Å². The van der Waals surface area contributed by atoms with Gasteiger partial charge in [0.05, 0.1) is 27.4 Å². The lowest BCUT2D eigenvalue weighted by Gasteiger charge is -2.33. The zero-order chi connectivity index (χ0) is 19.4. The molecule has 144 valence electrons. The third-order valence-electron chi connectivity index (χ3n) is 4.13. The fourth-order valence-corrected chi connectivity index (χ4v) is 2.68. The van der Waals surface area contributed by atoms with Crippen molar-refractivity contribution < 1.29 is 38.1 Å². The Kier molecular flexibility index (Phi) is 5.93. The molecule has 2 unspecified atom stereocenters. The lowest BCUT2D eigenvalue weighted by atomic mass is 9.86. The van der Waals surface area contributed by atoms with Crippen molar-refractivity contribution in [3.63, 3.8) is 0 Å². The largest absolute Gasteiger partial charge is 0.481 e. The third kappa shape index (κ3) is 3.53. The summed E-state index contributed by atoms with van der Waals surface area (Å²) in [7, 11) is 3.80. The van der Waals surface area contributed by atoms with E-state index in [4.69, 9.17) is 9.47 Å². The van der Waals surface area contributed by atoms with Crippen molar-refractivity contribution in [2.24, 2.45) is 0 Å². The topological polar surface area (TPSA) is 129 Å². The molecule has 10 nitrogen and oxygen atoms in total. The Bertz CT molecular complexity index is 667. The fraction of sp³-hybridized carbons (Fsp3) is 0.600. The van der Waals surface area contributed by atoms with Gasteiger partial charge >= 0.3 is 5.97 Å². The van der Waals surface area contributed by atoms with Crippen LogP contribution in [0.4, 0.5) is 4.39 Å². The zero-order valence-corrected chi connectivity index (χ0v) is 14.6. The fourth-order valence-electron chi connectivity index (χ4n) is 2.68. The van der Waals surface area contributed by atoms with E-state index in [1.165, 1.54) is 20.3 Å². The first-order valence-electron chi connectivity index (χ1n) is 7.68. The third-order valence-corrected chi connectivity index (χ3v) is 4.13. The number of esters is 1. The van der Waals surface area contributed by atoms with E-state index >= 15 is 4.39 Å². The zero-order valence-electron chi connectivity index (χ0n) is 14.6. The van der Waals surface area contributed by atoms with Crippen LogP contribution in [0, 0.1) is 0 Å². The maximum atomic E-state index is 15.5. The molecule has 2 rings (SSSR count). The summed E-state index contributed by atoms with van der Waals surface area (Å²) in [6.45, 7) is -0.611. The Morgan fingerprint density at radius 2 is 1.85 bits per heavy atom. The van der Waals surface area contributed by atoms with Gasteiger partial charge in [-0.05, 0) is 19.3 Å². The number of carbonyl (C=O) groups is 2. The van der Waals surface area contributed by atoms with E-state index in [1.54, 1.807) is 0 Å². The molecule has 1 aliphatic carbocycles. The number of carbonyl (C=O) groups excluding carboxylic acids is 2. The van der Waals surface area contributed by atoms with Crippen LogP contribution in [0.2, 0.25) is 0 Å². The van der Waals surface area contributed by atoms with Gasteiger partial charge in [-0.3, -0.25) is 9.63 Å². The monoisotopic (exact) mass is 373 g/mol. The average molecular weight is 373 g/mol. The molecule has 2 N–H and O–H groups in total. The summed E-state index contributed by atoms with van der Waals surface area (Å²) in [5, 5.41) is 10.9. The number of halogens is 1. The SMILES string of the molecule is COC(=O)CONC(=O)C1(F)CCCC1(O)c1nc(OC)cc(OC)n1. The molecule has 0 saturated heterocycles. The number of nitrogens with one attached hydrogen (secondary N) is 1. The molecule has 11 heteroatoms. The van der Waals surface area contributed by atoms with E-state index in [1.807, 2.05) is 5.48 Å². The van der Waals surface area contributed by atoms with Gasteiger partial charge in [-0.25, -0.2) is 14.7 Å². The van der Waals surface area contributed by atoms with E-state index < -0.39 is 29.8 Å². The molecular formula is C15H20FN3O7. The molecule has 0 aliphatic heterocycles. The standard InChI is InChI=1S/C15H20FN3O7/c1-23-9-7-10(24-2)18-12(17-9)15(22)6-4-5-14(15,16)13(21)19-26-8-11(20)25-3/h7,22H,4-6,8H2,1-3H3,(H,19,21). The maximum absolute atomic E-state index is 15.5. The second-order valence-corrected chi connectivity index (χ2v) is 5.59. The number of ether oxygens (including phenoxy) is 3. The second kappa shape index (κ2) is 7.79. The van der Waals surface area contributed by atoms with Gasteiger partial charge in [0.2, 0.25) is 17.4 Å². The Labute approximate surface area is 148 Å². The molecule has 1 aliphatic rings. The van der Waals surface area contributed by atoms with Gasteiger partial charge in [-0.1, -0.05) is 0 Å². The molecule has 1 amide bonds. The van der Waals surface area contributed by atoms with Crippen molar-refractivity contribution in [1.82, 2.24) is 15.4 Å². The molecule has 2 atom stereocenters. The van der Waals surface area contributed by atoms with E-state index in [-0.39, 0.29) is 36.8 Å². The summed E-state index contributed by atoms with van der Waals surface area (Å²) < 4.78 is 29.8. The van der Waals surface area contributed by atoms with Crippen molar-refractivity contribution in [2.75, 3.05) is 27.9 Å². The van der Waals surface area contributed by atoms with E-state index in [2.05, 4.69) is 19.5 Å². The van der Waals surface area contributed by atoms with E-state index in [0.717, 1.165) is 7.11 Å². The predicted molar refractivity (Wildman–Crippen MR) is 82.8 cm³/mol. The van der Waals surface area contributed by atoms with Crippen molar-refractivity contribution in [2.45, 2.75) is 30.5 Å². The Morgan fingerprint density at radius 3 is 2.38 bits per heavy atom. The highest BCUT2D eigenvalue weighted by molar-refractivity contribution is 5.86. The normalized spacial score (nSPS) is 24.8. The van der Waals surface area contributed by atoms with Crippen molar-refractivity contribution in [3.8, 4) is 11.8 Å². The van der Waals surface area contributed by atoms with Crippen LogP contribution in [0.1, 0.15) is 25.1 Å². The van der Waals surface area contributed by atoms with Gasteiger partial charge in [-0.2, -0.15) is 9.97 Å². The number of aromatic nitrogens is 2. The van der Waals surface area contributed by atoms with Gasteiger partial charge in [0.15, 0.2) is 18.0 Å². The molecular weight excluding hydrogens is 353 g/mol.